The Balaban J connectivity index is 1.91. The quantitative estimate of drug-likeness (QED) is 0.849. The average molecular weight is 255 g/mol. The van der Waals surface area contributed by atoms with E-state index in [2.05, 4.69) is 15.5 Å². The number of hydrogen-bond donors (Lipinski definition) is 2. The lowest BCUT2D eigenvalue weighted by Crippen LogP contribution is -2.21. The zero-order valence-corrected chi connectivity index (χ0v) is 10.2. The van der Waals surface area contributed by atoms with Gasteiger partial charge in [-0.05, 0) is 26.2 Å². The van der Waals surface area contributed by atoms with Crippen LogP contribution in [0.3, 0.4) is 0 Å². The molecule has 1 aromatic heterocycles. The second kappa shape index (κ2) is 4.79. The maximum Gasteiger partial charge on any atom is 0.306 e. The predicted octanol–water partition coefficient (Wildman–Crippen LogP) is 1.29. The maximum atomic E-state index is 11.8. The summed E-state index contributed by atoms with van der Waals surface area (Å²) in [7, 11) is 0. The van der Waals surface area contributed by atoms with Gasteiger partial charge < -0.3 is 10.4 Å². The molecule has 7 heteroatoms. The Labute approximate surface area is 102 Å². The molecule has 1 aliphatic rings. The second-order valence-corrected chi connectivity index (χ2v) is 5.34. The van der Waals surface area contributed by atoms with Crippen molar-refractivity contribution in [3.05, 3.63) is 5.01 Å². The van der Waals surface area contributed by atoms with Crippen LogP contribution < -0.4 is 5.32 Å². The van der Waals surface area contributed by atoms with Crippen molar-refractivity contribution in [2.24, 2.45) is 11.8 Å². The molecular formula is C10H13N3O3S. The molecule has 0 saturated heterocycles. The minimum absolute atomic E-state index is 0.148. The van der Waals surface area contributed by atoms with Crippen LogP contribution in [0.15, 0.2) is 0 Å². The molecule has 0 unspecified atom stereocenters. The highest BCUT2D eigenvalue weighted by molar-refractivity contribution is 7.15. The third-order valence-corrected chi connectivity index (χ3v) is 3.66. The van der Waals surface area contributed by atoms with E-state index >= 15 is 0 Å². The van der Waals surface area contributed by atoms with E-state index < -0.39 is 5.97 Å². The number of amides is 1. The van der Waals surface area contributed by atoms with Crippen LogP contribution >= 0.6 is 11.3 Å². The molecule has 1 aromatic rings. The van der Waals surface area contributed by atoms with Gasteiger partial charge in [-0.1, -0.05) is 11.3 Å². The third kappa shape index (κ3) is 2.79. The van der Waals surface area contributed by atoms with E-state index in [1.54, 1.807) is 0 Å². The van der Waals surface area contributed by atoms with Gasteiger partial charge in [0, 0.05) is 5.92 Å². The van der Waals surface area contributed by atoms with Gasteiger partial charge in [0.1, 0.15) is 5.01 Å². The highest BCUT2D eigenvalue weighted by atomic mass is 32.1. The molecule has 0 aromatic carbocycles. The van der Waals surface area contributed by atoms with Crippen molar-refractivity contribution in [3.8, 4) is 0 Å². The maximum absolute atomic E-state index is 11.8. The van der Waals surface area contributed by atoms with E-state index in [-0.39, 0.29) is 17.7 Å². The Kier molecular flexibility index (Phi) is 3.37. The summed E-state index contributed by atoms with van der Waals surface area (Å²) in [5, 5.41) is 20.4. The van der Waals surface area contributed by atoms with Crippen LogP contribution in [0.25, 0.3) is 0 Å². The van der Waals surface area contributed by atoms with Crippen LogP contribution in [0, 0.1) is 18.8 Å². The lowest BCUT2D eigenvalue weighted by atomic mass is 10.0. The lowest BCUT2D eigenvalue weighted by Gasteiger charge is -2.07. The van der Waals surface area contributed by atoms with E-state index in [4.69, 9.17) is 5.11 Å². The molecule has 17 heavy (non-hydrogen) atoms. The van der Waals surface area contributed by atoms with Gasteiger partial charge in [0.15, 0.2) is 0 Å². The Morgan fingerprint density at radius 2 is 2.06 bits per heavy atom. The van der Waals surface area contributed by atoms with Crippen molar-refractivity contribution in [1.29, 1.82) is 0 Å². The monoisotopic (exact) mass is 255 g/mol. The number of carboxylic acid groups (broad SMARTS) is 1. The van der Waals surface area contributed by atoms with Crippen molar-refractivity contribution >= 4 is 28.3 Å². The summed E-state index contributed by atoms with van der Waals surface area (Å²) in [6, 6.07) is 0. The summed E-state index contributed by atoms with van der Waals surface area (Å²) in [6.45, 7) is 1.81. The standard InChI is InChI=1S/C10H13N3O3S/c1-5-12-13-10(17-5)11-8(14)6-2-3-7(4-6)9(15)16/h6-7H,2-4H2,1H3,(H,15,16)(H,11,13,14)/t6-,7+/m1/s1. The van der Waals surface area contributed by atoms with Gasteiger partial charge in [-0.2, -0.15) is 0 Å². The number of carbonyl (C=O) groups is 2. The molecule has 0 spiro atoms. The van der Waals surface area contributed by atoms with Gasteiger partial charge in [-0.15, -0.1) is 10.2 Å². The highest BCUT2D eigenvalue weighted by Gasteiger charge is 2.34. The fourth-order valence-electron chi connectivity index (χ4n) is 2.00. The Morgan fingerprint density at radius 3 is 2.59 bits per heavy atom. The molecule has 2 N–H and O–H groups in total. The fourth-order valence-corrected chi connectivity index (χ4v) is 2.59. The van der Waals surface area contributed by atoms with Crippen molar-refractivity contribution in [2.45, 2.75) is 26.2 Å². The summed E-state index contributed by atoms with van der Waals surface area (Å²) < 4.78 is 0. The molecule has 0 aliphatic heterocycles. The summed E-state index contributed by atoms with van der Waals surface area (Å²) in [6.07, 6.45) is 1.61. The SMILES string of the molecule is Cc1nnc(NC(=O)[C@@H]2CC[C@H](C(=O)O)C2)s1. The van der Waals surface area contributed by atoms with Crippen LogP contribution in [0.5, 0.6) is 0 Å². The minimum atomic E-state index is -0.813. The number of rotatable bonds is 3. The lowest BCUT2D eigenvalue weighted by molar-refractivity contribution is -0.141. The van der Waals surface area contributed by atoms with Gasteiger partial charge in [0.2, 0.25) is 11.0 Å². The van der Waals surface area contributed by atoms with E-state index in [1.165, 1.54) is 11.3 Å². The fraction of sp³-hybridized carbons (Fsp3) is 0.600. The van der Waals surface area contributed by atoms with Crippen molar-refractivity contribution in [3.63, 3.8) is 0 Å². The largest absolute Gasteiger partial charge is 0.481 e. The molecule has 0 radical (unpaired) electrons. The van der Waals surface area contributed by atoms with E-state index in [1.807, 2.05) is 6.92 Å². The van der Waals surface area contributed by atoms with Crippen LogP contribution in [0.4, 0.5) is 5.13 Å². The first-order valence-electron chi connectivity index (χ1n) is 5.40. The molecule has 1 heterocycles. The second-order valence-electron chi connectivity index (χ2n) is 4.16. The first kappa shape index (κ1) is 12.0. The van der Waals surface area contributed by atoms with Crippen LogP contribution in [0.1, 0.15) is 24.3 Å². The molecule has 92 valence electrons. The van der Waals surface area contributed by atoms with Gasteiger partial charge in [0.25, 0.3) is 0 Å². The average Bonchev–Trinajstić information content (AvgIpc) is 2.86. The normalized spacial score (nSPS) is 23.6. The molecule has 1 aliphatic carbocycles. The first-order chi connectivity index (χ1) is 8.06. The molecule has 1 amide bonds. The topological polar surface area (TPSA) is 92.2 Å². The van der Waals surface area contributed by atoms with E-state index in [0.29, 0.717) is 24.4 Å². The Morgan fingerprint density at radius 1 is 1.35 bits per heavy atom. The van der Waals surface area contributed by atoms with Crippen LogP contribution in [-0.4, -0.2) is 27.2 Å². The third-order valence-electron chi connectivity index (χ3n) is 2.91. The number of hydrogen-bond acceptors (Lipinski definition) is 5. The van der Waals surface area contributed by atoms with Crippen molar-refractivity contribution in [1.82, 2.24) is 10.2 Å². The minimum Gasteiger partial charge on any atom is -0.481 e. The number of aliphatic carboxylic acids is 1. The first-order valence-corrected chi connectivity index (χ1v) is 6.21. The number of aromatic nitrogens is 2. The van der Waals surface area contributed by atoms with Gasteiger partial charge >= 0.3 is 5.97 Å². The number of nitrogens with zero attached hydrogens (tertiary/aromatic N) is 2. The Hall–Kier alpha value is -1.50. The van der Waals surface area contributed by atoms with E-state index in [9.17, 15) is 9.59 Å². The smallest absolute Gasteiger partial charge is 0.306 e. The van der Waals surface area contributed by atoms with Crippen LogP contribution in [0.2, 0.25) is 0 Å². The highest BCUT2D eigenvalue weighted by Crippen LogP contribution is 2.32. The predicted molar refractivity (Wildman–Crippen MR) is 61.7 cm³/mol. The zero-order chi connectivity index (χ0) is 12.4. The summed E-state index contributed by atoms with van der Waals surface area (Å²) in [5.74, 6) is -1.57. The van der Waals surface area contributed by atoms with Crippen molar-refractivity contribution < 1.29 is 14.7 Å². The molecule has 0 bridgehead atoms. The summed E-state index contributed by atoms with van der Waals surface area (Å²) >= 11 is 1.31. The number of anilines is 1. The van der Waals surface area contributed by atoms with Gasteiger partial charge in [-0.25, -0.2) is 0 Å². The van der Waals surface area contributed by atoms with Crippen LogP contribution in [-0.2, 0) is 9.59 Å². The number of carbonyl (C=O) groups excluding carboxylic acids is 1. The number of aryl methyl sites for hydroxylation is 1. The number of nitrogens with one attached hydrogen (secondary N) is 1. The molecular weight excluding hydrogens is 242 g/mol. The van der Waals surface area contributed by atoms with Gasteiger partial charge in [-0.3, -0.25) is 9.59 Å². The van der Waals surface area contributed by atoms with Gasteiger partial charge in [0.05, 0.1) is 5.92 Å². The molecule has 1 fully saturated rings. The zero-order valence-electron chi connectivity index (χ0n) is 9.34. The molecule has 1 saturated carbocycles. The molecule has 2 rings (SSSR count). The summed E-state index contributed by atoms with van der Waals surface area (Å²) in [4.78, 5) is 22.6. The van der Waals surface area contributed by atoms with E-state index in [0.717, 1.165) is 5.01 Å². The summed E-state index contributed by atoms with van der Waals surface area (Å²) in [5.41, 5.74) is 0. The van der Waals surface area contributed by atoms with Crippen molar-refractivity contribution in [2.75, 3.05) is 5.32 Å². The Bertz CT molecular complexity index is 446. The molecule has 6 nitrogen and oxygen atoms in total. The number of carboxylic acids is 1. The molecule has 2 atom stereocenters.